The highest BCUT2D eigenvalue weighted by Crippen LogP contribution is 2.05. The fourth-order valence-corrected chi connectivity index (χ4v) is 1.73. The zero-order valence-corrected chi connectivity index (χ0v) is 11.8. The monoisotopic (exact) mass is 273 g/mol. The van der Waals surface area contributed by atoms with Crippen molar-refractivity contribution >= 4 is 11.7 Å². The van der Waals surface area contributed by atoms with E-state index in [1.165, 1.54) is 0 Å². The molecule has 0 unspecified atom stereocenters. The van der Waals surface area contributed by atoms with Gasteiger partial charge in [0.15, 0.2) is 0 Å². The van der Waals surface area contributed by atoms with E-state index in [4.69, 9.17) is 0 Å². The maximum atomic E-state index is 12.0. The number of pyridine rings is 1. The molecule has 0 aliphatic rings. The van der Waals surface area contributed by atoms with Crippen LogP contribution >= 0.6 is 0 Å². The second-order valence-corrected chi connectivity index (χ2v) is 4.50. The summed E-state index contributed by atoms with van der Waals surface area (Å²) >= 11 is 0. The summed E-state index contributed by atoms with van der Waals surface area (Å²) in [7, 11) is 1.84. The maximum absolute atomic E-state index is 12.0. The number of nitrogens with zero attached hydrogens (tertiary/aromatic N) is 3. The molecule has 2 rings (SSSR count). The summed E-state index contributed by atoms with van der Waals surface area (Å²) in [6, 6.07) is 7.24. The first kappa shape index (κ1) is 14.0. The van der Waals surface area contributed by atoms with Gasteiger partial charge in [-0.25, -0.2) is 4.98 Å². The Morgan fingerprint density at radius 1 is 1.35 bits per heavy atom. The number of aryl methyl sites for hydroxylation is 1. The van der Waals surface area contributed by atoms with Gasteiger partial charge in [0.2, 0.25) is 0 Å². The highest BCUT2D eigenvalue weighted by molar-refractivity contribution is 5.92. The first-order valence-electron chi connectivity index (χ1n) is 6.66. The van der Waals surface area contributed by atoms with Crippen LogP contribution in [-0.4, -0.2) is 27.2 Å². The van der Waals surface area contributed by atoms with Crippen molar-refractivity contribution in [1.29, 1.82) is 0 Å². The molecule has 0 saturated heterocycles. The fraction of sp³-hybridized carbons (Fsp3) is 0.357. The minimum atomic E-state index is -0.198. The van der Waals surface area contributed by atoms with Gasteiger partial charge in [0.05, 0.1) is 12.2 Å². The van der Waals surface area contributed by atoms with Gasteiger partial charge in [-0.05, 0) is 24.6 Å². The second kappa shape index (κ2) is 6.70. The molecule has 2 aromatic rings. The molecule has 6 nitrogen and oxygen atoms in total. The molecule has 0 aromatic carbocycles. The Bertz CT molecular complexity index is 578. The molecular weight excluding hydrogens is 254 g/mol. The van der Waals surface area contributed by atoms with Crippen LogP contribution in [0, 0.1) is 0 Å². The Morgan fingerprint density at radius 2 is 2.20 bits per heavy atom. The number of rotatable bonds is 6. The van der Waals surface area contributed by atoms with Gasteiger partial charge < -0.3 is 10.6 Å². The van der Waals surface area contributed by atoms with E-state index in [1.54, 1.807) is 10.7 Å². The summed E-state index contributed by atoms with van der Waals surface area (Å²) < 4.78 is 1.70. The van der Waals surface area contributed by atoms with E-state index in [0.29, 0.717) is 12.2 Å². The van der Waals surface area contributed by atoms with E-state index >= 15 is 0 Å². The molecule has 0 fully saturated rings. The third-order valence-electron chi connectivity index (χ3n) is 2.74. The van der Waals surface area contributed by atoms with Crippen molar-refractivity contribution in [1.82, 2.24) is 20.1 Å². The van der Waals surface area contributed by atoms with E-state index in [1.807, 2.05) is 31.4 Å². The summed E-state index contributed by atoms with van der Waals surface area (Å²) in [5.41, 5.74) is 1.23. The number of amides is 1. The van der Waals surface area contributed by atoms with Crippen LogP contribution in [0.4, 0.5) is 5.82 Å². The number of aromatic nitrogens is 3. The molecule has 0 radical (unpaired) electrons. The zero-order valence-electron chi connectivity index (χ0n) is 11.8. The molecule has 2 N–H and O–H groups in total. The standard InChI is InChI=1S/C14H19N5O/c1-3-8-15-13-6-4-5-12(17-13)14(20)16-10-11-7-9-19(2)18-11/h4-7,9H,3,8,10H2,1-2H3,(H,15,17)(H,16,20). The molecule has 0 aliphatic carbocycles. The Labute approximate surface area is 118 Å². The molecule has 2 heterocycles. The molecule has 0 bridgehead atoms. The van der Waals surface area contributed by atoms with Crippen LogP contribution in [0.1, 0.15) is 29.5 Å². The van der Waals surface area contributed by atoms with Crippen LogP contribution in [0.15, 0.2) is 30.5 Å². The minimum absolute atomic E-state index is 0.198. The van der Waals surface area contributed by atoms with Gasteiger partial charge in [0.25, 0.3) is 5.91 Å². The van der Waals surface area contributed by atoms with Gasteiger partial charge in [-0.2, -0.15) is 5.10 Å². The topological polar surface area (TPSA) is 71.8 Å². The average molecular weight is 273 g/mol. The number of anilines is 1. The summed E-state index contributed by atoms with van der Waals surface area (Å²) in [5, 5.41) is 10.2. The summed E-state index contributed by atoms with van der Waals surface area (Å²) in [5.74, 6) is 0.521. The van der Waals surface area contributed by atoms with Crippen molar-refractivity contribution in [2.45, 2.75) is 19.9 Å². The van der Waals surface area contributed by atoms with Gasteiger partial charge >= 0.3 is 0 Å². The third kappa shape index (κ3) is 3.81. The molecule has 0 aliphatic heterocycles. The highest BCUT2D eigenvalue weighted by Gasteiger charge is 2.08. The SMILES string of the molecule is CCCNc1cccc(C(=O)NCc2ccn(C)n2)n1. The number of hydrogen-bond donors (Lipinski definition) is 2. The fourth-order valence-electron chi connectivity index (χ4n) is 1.73. The van der Waals surface area contributed by atoms with E-state index in [-0.39, 0.29) is 5.91 Å². The smallest absolute Gasteiger partial charge is 0.270 e. The Hall–Kier alpha value is -2.37. The van der Waals surface area contributed by atoms with E-state index in [9.17, 15) is 4.79 Å². The first-order chi connectivity index (χ1) is 9.69. The Kier molecular flexibility index (Phi) is 4.70. The molecule has 106 valence electrons. The zero-order chi connectivity index (χ0) is 14.4. The lowest BCUT2D eigenvalue weighted by molar-refractivity contribution is 0.0945. The average Bonchev–Trinajstić information content (AvgIpc) is 2.88. The van der Waals surface area contributed by atoms with Crippen LogP contribution in [-0.2, 0) is 13.6 Å². The van der Waals surface area contributed by atoms with Gasteiger partial charge in [-0.15, -0.1) is 0 Å². The summed E-state index contributed by atoms with van der Waals surface area (Å²) in [4.78, 5) is 16.3. The molecule has 0 saturated carbocycles. The minimum Gasteiger partial charge on any atom is -0.370 e. The lowest BCUT2D eigenvalue weighted by Gasteiger charge is -2.06. The molecule has 6 heteroatoms. The van der Waals surface area contributed by atoms with Gasteiger partial charge in [0.1, 0.15) is 11.5 Å². The second-order valence-electron chi connectivity index (χ2n) is 4.50. The van der Waals surface area contributed by atoms with Crippen LogP contribution in [0.25, 0.3) is 0 Å². The largest absolute Gasteiger partial charge is 0.370 e. The summed E-state index contributed by atoms with van der Waals surface area (Å²) in [6.07, 6.45) is 2.85. The Morgan fingerprint density at radius 3 is 2.90 bits per heavy atom. The van der Waals surface area contributed by atoms with Crippen LogP contribution in [0.2, 0.25) is 0 Å². The van der Waals surface area contributed by atoms with Gasteiger partial charge in [-0.3, -0.25) is 9.48 Å². The van der Waals surface area contributed by atoms with Crippen LogP contribution < -0.4 is 10.6 Å². The van der Waals surface area contributed by atoms with E-state index in [0.717, 1.165) is 24.5 Å². The third-order valence-corrected chi connectivity index (χ3v) is 2.74. The van der Waals surface area contributed by atoms with Gasteiger partial charge in [-0.1, -0.05) is 13.0 Å². The highest BCUT2D eigenvalue weighted by atomic mass is 16.1. The Balaban J connectivity index is 1.94. The molecule has 0 spiro atoms. The predicted molar refractivity (Wildman–Crippen MR) is 77.4 cm³/mol. The van der Waals surface area contributed by atoms with Crippen molar-refractivity contribution in [3.63, 3.8) is 0 Å². The molecular formula is C14H19N5O. The van der Waals surface area contributed by atoms with Crippen molar-refractivity contribution in [2.24, 2.45) is 7.05 Å². The lowest BCUT2D eigenvalue weighted by atomic mass is 10.3. The van der Waals surface area contributed by atoms with E-state index < -0.39 is 0 Å². The number of hydrogen-bond acceptors (Lipinski definition) is 4. The lowest BCUT2D eigenvalue weighted by Crippen LogP contribution is -2.24. The van der Waals surface area contributed by atoms with E-state index in [2.05, 4.69) is 27.6 Å². The molecule has 0 atom stereocenters. The van der Waals surface area contributed by atoms with Crippen molar-refractivity contribution in [2.75, 3.05) is 11.9 Å². The maximum Gasteiger partial charge on any atom is 0.270 e. The number of carbonyl (C=O) groups excluding carboxylic acids is 1. The summed E-state index contributed by atoms with van der Waals surface area (Å²) in [6.45, 7) is 3.32. The number of nitrogens with one attached hydrogen (secondary N) is 2. The molecule has 2 aromatic heterocycles. The van der Waals surface area contributed by atoms with Crippen molar-refractivity contribution < 1.29 is 4.79 Å². The van der Waals surface area contributed by atoms with Crippen molar-refractivity contribution in [3.8, 4) is 0 Å². The predicted octanol–water partition coefficient (Wildman–Crippen LogP) is 1.57. The quantitative estimate of drug-likeness (QED) is 0.838. The normalized spacial score (nSPS) is 10.3. The first-order valence-corrected chi connectivity index (χ1v) is 6.66. The van der Waals surface area contributed by atoms with Gasteiger partial charge in [0, 0.05) is 19.8 Å². The molecule has 20 heavy (non-hydrogen) atoms. The van der Waals surface area contributed by atoms with Crippen molar-refractivity contribution in [3.05, 3.63) is 41.9 Å². The van der Waals surface area contributed by atoms with Crippen LogP contribution in [0.5, 0.6) is 0 Å². The molecule has 1 amide bonds. The number of carbonyl (C=O) groups is 1. The van der Waals surface area contributed by atoms with Crippen LogP contribution in [0.3, 0.4) is 0 Å².